The second-order valence-electron chi connectivity index (χ2n) is 7.30. The van der Waals surface area contributed by atoms with Crippen LogP contribution < -0.4 is 4.90 Å². The van der Waals surface area contributed by atoms with Gasteiger partial charge in [-0.25, -0.2) is 13.1 Å². The number of piperazine rings is 1. The molecule has 3 aromatic rings. The largest absolute Gasteiger partial charge is 0.352 e. The zero-order chi connectivity index (χ0) is 21.5. The monoisotopic (exact) mass is 446 g/mol. The van der Waals surface area contributed by atoms with Crippen molar-refractivity contribution in [3.8, 4) is 5.82 Å². The van der Waals surface area contributed by atoms with Crippen LogP contribution in [0.1, 0.15) is 17.0 Å². The van der Waals surface area contributed by atoms with Gasteiger partial charge in [-0.15, -0.1) is 10.2 Å². The van der Waals surface area contributed by atoms with Gasteiger partial charge in [-0.05, 0) is 62.7 Å². The van der Waals surface area contributed by atoms with E-state index in [4.69, 9.17) is 11.6 Å². The number of halogens is 1. The van der Waals surface area contributed by atoms with Crippen LogP contribution in [-0.4, -0.2) is 58.9 Å². The first-order chi connectivity index (χ1) is 14.3. The van der Waals surface area contributed by atoms with Gasteiger partial charge in [-0.1, -0.05) is 11.6 Å². The van der Waals surface area contributed by atoms with Gasteiger partial charge in [-0.2, -0.15) is 9.40 Å². The average molecular weight is 447 g/mol. The van der Waals surface area contributed by atoms with Crippen molar-refractivity contribution in [2.45, 2.75) is 25.7 Å². The predicted octanol–water partition coefficient (Wildman–Crippen LogP) is 2.75. The van der Waals surface area contributed by atoms with Crippen LogP contribution in [0.25, 0.3) is 5.82 Å². The molecule has 1 fully saturated rings. The molecular weight excluding hydrogens is 424 g/mol. The lowest BCUT2D eigenvalue weighted by Crippen LogP contribution is -2.49. The number of sulfonamides is 1. The lowest BCUT2D eigenvalue weighted by molar-refractivity contribution is 0.383. The van der Waals surface area contributed by atoms with E-state index in [9.17, 15) is 8.42 Å². The molecule has 1 saturated heterocycles. The Bertz CT molecular complexity index is 1150. The molecule has 0 radical (unpaired) electrons. The summed E-state index contributed by atoms with van der Waals surface area (Å²) < 4.78 is 28.9. The van der Waals surface area contributed by atoms with E-state index in [1.54, 1.807) is 16.8 Å². The maximum Gasteiger partial charge on any atom is 0.243 e. The van der Waals surface area contributed by atoms with E-state index in [-0.39, 0.29) is 4.90 Å². The molecule has 0 bridgehead atoms. The Hall–Kier alpha value is -2.49. The maximum absolute atomic E-state index is 12.8. The third kappa shape index (κ3) is 3.80. The fourth-order valence-electron chi connectivity index (χ4n) is 3.46. The Morgan fingerprint density at radius 2 is 1.47 bits per heavy atom. The Kier molecular flexibility index (Phi) is 5.52. The molecule has 8 nitrogen and oxygen atoms in total. The van der Waals surface area contributed by atoms with Crippen LogP contribution >= 0.6 is 11.6 Å². The molecule has 0 atom stereocenters. The van der Waals surface area contributed by atoms with Crippen LogP contribution in [0.3, 0.4) is 0 Å². The first-order valence-electron chi connectivity index (χ1n) is 9.65. The quantitative estimate of drug-likeness (QED) is 0.612. The van der Waals surface area contributed by atoms with Crippen molar-refractivity contribution in [1.29, 1.82) is 0 Å². The molecule has 0 spiro atoms. The summed E-state index contributed by atoms with van der Waals surface area (Å²) in [5.74, 6) is 1.39. The van der Waals surface area contributed by atoms with Crippen molar-refractivity contribution >= 4 is 27.4 Å². The number of aryl methyl sites for hydroxylation is 1. The van der Waals surface area contributed by atoms with Gasteiger partial charge in [0.2, 0.25) is 10.0 Å². The minimum Gasteiger partial charge on any atom is -0.352 e. The molecule has 2 aromatic heterocycles. The topological polar surface area (TPSA) is 84.2 Å². The fourth-order valence-corrected chi connectivity index (χ4v) is 5.00. The second kappa shape index (κ2) is 7.98. The number of nitrogens with zero attached hydrogens (tertiary/aromatic N) is 6. The Morgan fingerprint density at radius 1 is 0.867 bits per heavy atom. The summed E-state index contributed by atoms with van der Waals surface area (Å²) in [7, 11) is -3.53. The number of benzene rings is 1. The molecule has 0 saturated carbocycles. The molecule has 10 heteroatoms. The molecular formula is C20H23ClN6O2S. The fraction of sp³-hybridized carbons (Fsp3) is 0.350. The molecule has 0 N–H and O–H groups in total. The van der Waals surface area contributed by atoms with Crippen molar-refractivity contribution in [2.75, 3.05) is 31.1 Å². The maximum atomic E-state index is 12.8. The average Bonchev–Trinajstić information content (AvgIpc) is 3.01. The number of anilines is 1. The highest BCUT2D eigenvalue weighted by Crippen LogP contribution is 2.22. The SMILES string of the molecule is Cc1nn(-c2ccc(N3CCN(S(=O)(=O)c4ccc(Cl)cc4)CC3)nn2)c(C)c1C. The minimum absolute atomic E-state index is 0.254. The van der Waals surface area contributed by atoms with Gasteiger partial charge in [0.25, 0.3) is 0 Å². The van der Waals surface area contributed by atoms with Crippen LogP contribution in [0, 0.1) is 20.8 Å². The molecule has 1 aromatic carbocycles. The third-order valence-electron chi connectivity index (χ3n) is 5.52. The van der Waals surface area contributed by atoms with Crippen LogP contribution in [0.15, 0.2) is 41.3 Å². The van der Waals surface area contributed by atoms with Crippen LogP contribution in [0.2, 0.25) is 5.02 Å². The number of aromatic nitrogens is 4. The third-order valence-corrected chi connectivity index (χ3v) is 7.69. The van der Waals surface area contributed by atoms with E-state index >= 15 is 0 Å². The molecule has 0 unspecified atom stereocenters. The van der Waals surface area contributed by atoms with Gasteiger partial charge in [-0.3, -0.25) is 0 Å². The second-order valence-corrected chi connectivity index (χ2v) is 9.68. The van der Waals surface area contributed by atoms with E-state index in [1.807, 2.05) is 37.8 Å². The number of hydrogen-bond acceptors (Lipinski definition) is 6. The summed E-state index contributed by atoms with van der Waals surface area (Å²) in [6.07, 6.45) is 0. The molecule has 4 rings (SSSR count). The van der Waals surface area contributed by atoms with Crippen molar-refractivity contribution < 1.29 is 8.42 Å². The zero-order valence-corrected chi connectivity index (χ0v) is 18.7. The molecule has 3 heterocycles. The van der Waals surface area contributed by atoms with Crippen LogP contribution in [0.5, 0.6) is 0 Å². The summed E-state index contributed by atoms with van der Waals surface area (Å²) >= 11 is 5.87. The highest BCUT2D eigenvalue weighted by Gasteiger charge is 2.29. The molecule has 158 valence electrons. The summed E-state index contributed by atoms with van der Waals surface area (Å²) in [6, 6.07) is 10.0. The summed E-state index contributed by atoms with van der Waals surface area (Å²) in [5.41, 5.74) is 3.14. The zero-order valence-electron chi connectivity index (χ0n) is 17.1. The predicted molar refractivity (Wildman–Crippen MR) is 116 cm³/mol. The van der Waals surface area contributed by atoms with Crippen molar-refractivity contribution in [3.63, 3.8) is 0 Å². The first kappa shape index (κ1) is 20.8. The molecule has 0 amide bonds. The van der Waals surface area contributed by atoms with Crippen molar-refractivity contribution in [3.05, 3.63) is 58.4 Å². The molecule has 30 heavy (non-hydrogen) atoms. The Morgan fingerprint density at radius 3 is 2.00 bits per heavy atom. The van der Waals surface area contributed by atoms with Gasteiger partial charge in [0.1, 0.15) is 0 Å². The van der Waals surface area contributed by atoms with Gasteiger partial charge in [0.15, 0.2) is 11.6 Å². The van der Waals surface area contributed by atoms with E-state index in [0.29, 0.717) is 37.0 Å². The smallest absolute Gasteiger partial charge is 0.243 e. The van der Waals surface area contributed by atoms with Crippen LogP contribution in [-0.2, 0) is 10.0 Å². The highest BCUT2D eigenvalue weighted by atomic mass is 35.5. The first-order valence-corrected chi connectivity index (χ1v) is 11.5. The lowest BCUT2D eigenvalue weighted by atomic mass is 10.2. The van der Waals surface area contributed by atoms with E-state index in [2.05, 4.69) is 15.3 Å². The summed E-state index contributed by atoms with van der Waals surface area (Å²) in [6.45, 7) is 7.85. The van der Waals surface area contributed by atoms with Gasteiger partial charge in [0, 0.05) is 36.9 Å². The van der Waals surface area contributed by atoms with Crippen LogP contribution in [0.4, 0.5) is 5.82 Å². The normalized spacial score (nSPS) is 15.5. The number of rotatable bonds is 4. The van der Waals surface area contributed by atoms with Crippen molar-refractivity contribution in [2.24, 2.45) is 0 Å². The Labute approximate surface area is 181 Å². The molecule has 1 aliphatic rings. The van der Waals surface area contributed by atoms with E-state index < -0.39 is 10.0 Å². The van der Waals surface area contributed by atoms with Crippen molar-refractivity contribution in [1.82, 2.24) is 24.3 Å². The Balaban J connectivity index is 1.45. The standard InChI is InChI=1S/C20H23ClN6O2S/c1-14-15(2)24-27(16(14)3)20-9-8-19(22-23-20)25-10-12-26(13-11-25)30(28,29)18-6-4-17(21)5-7-18/h4-9H,10-13H2,1-3H3. The summed E-state index contributed by atoms with van der Waals surface area (Å²) in [5, 5.41) is 13.7. The van der Waals surface area contributed by atoms with E-state index in [1.165, 1.54) is 16.4 Å². The number of hydrogen-bond donors (Lipinski definition) is 0. The molecule has 1 aliphatic heterocycles. The minimum atomic E-state index is -3.53. The lowest BCUT2D eigenvalue weighted by Gasteiger charge is -2.34. The van der Waals surface area contributed by atoms with Gasteiger partial charge >= 0.3 is 0 Å². The highest BCUT2D eigenvalue weighted by molar-refractivity contribution is 7.89. The summed E-state index contributed by atoms with van der Waals surface area (Å²) in [4.78, 5) is 2.29. The van der Waals surface area contributed by atoms with E-state index in [0.717, 1.165) is 22.8 Å². The van der Waals surface area contributed by atoms with Gasteiger partial charge < -0.3 is 4.90 Å². The molecule has 0 aliphatic carbocycles. The van der Waals surface area contributed by atoms with Gasteiger partial charge in [0.05, 0.1) is 10.6 Å².